The van der Waals surface area contributed by atoms with Crippen molar-refractivity contribution in [2.75, 3.05) is 13.2 Å². The summed E-state index contributed by atoms with van der Waals surface area (Å²) in [6.45, 7) is 5.20. The van der Waals surface area contributed by atoms with Gasteiger partial charge in [0.25, 0.3) is 0 Å². The molecular weight excluding hydrogens is 269 g/mol. The van der Waals surface area contributed by atoms with Gasteiger partial charge in [0.2, 0.25) is 0 Å². The Balaban J connectivity index is 2.04. The van der Waals surface area contributed by atoms with E-state index in [0.29, 0.717) is 19.1 Å². The van der Waals surface area contributed by atoms with E-state index in [1.807, 2.05) is 0 Å². The Morgan fingerprint density at radius 1 is 1.05 bits per heavy atom. The van der Waals surface area contributed by atoms with Gasteiger partial charge in [-0.1, -0.05) is 26.7 Å². The minimum Gasteiger partial charge on any atom is -0.348 e. The fraction of sp³-hybridized carbons (Fsp3) is 0.600. The van der Waals surface area contributed by atoms with Gasteiger partial charge < -0.3 is 9.47 Å². The van der Waals surface area contributed by atoms with Crippen molar-refractivity contribution < 1.29 is 22.6 Å². The Bertz CT molecular complexity index is 429. The molecule has 0 aliphatic carbocycles. The van der Waals surface area contributed by atoms with E-state index >= 15 is 0 Å². The van der Waals surface area contributed by atoms with Crippen molar-refractivity contribution in [3.05, 3.63) is 35.1 Å². The van der Waals surface area contributed by atoms with E-state index in [2.05, 4.69) is 13.8 Å². The first-order valence-corrected chi connectivity index (χ1v) is 6.94. The van der Waals surface area contributed by atoms with Gasteiger partial charge in [-0.25, -0.2) is 13.2 Å². The molecule has 112 valence electrons. The van der Waals surface area contributed by atoms with Crippen molar-refractivity contribution in [2.24, 2.45) is 11.8 Å². The predicted molar refractivity (Wildman–Crippen MR) is 68.5 cm³/mol. The maximum atomic E-state index is 13.2. The topological polar surface area (TPSA) is 18.5 Å². The van der Waals surface area contributed by atoms with Crippen LogP contribution in [0.2, 0.25) is 0 Å². The molecule has 1 heterocycles. The normalized spacial score (nSPS) is 23.3. The molecule has 1 aromatic carbocycles. The molecule has 2 rings (SSSR count). The van der Waals surface area contributed by atoms with Crippen molar-refractivity contribution in [1.82, 2.24) is 0 Å². The van der Waals surface area contributed by atoms with Gasteiger partial charge in [-0.15, -0.1) is 0 Å². The number of hydrogen-bond donors (Lipinski definition) is 0. The average Bonchev–Trinajstić information content (AvgIpc) is 2.46. The summed E-state index contributed by atoms with van der Waals surface area (Å²) in [6.07, 6.45) is 1.25. The van der Waals surface area contributed by atoms with Gasteiger partial charge in [0.1, 0.15) is 0 Å². The van der Waals surface area contributed by atoms with E-state index in [9.17, 15) is 13.2 Å². The van der Waals surface area contributed by atoms with Crippen molar-refractivity contribution in [1.29, 1.82) is 0 Å². The molecule has 1 aliphatic heterocycles. The van der Waals surface area contributed by atoms with E-state index < -0.39 is 23.7 Å². The first-order chi connectivity index (χ1) is 9.56. The molecule has 0 radical (unpaired) electrons. The number of benzene rings is 1. The van der Waals surface area contributed by atoms with Gasteiger partial charge in [-0.3, -0.25) is 0 Å². The predicted octanol–water partition coefficient (Wildman–Crippen LogP) is 4.20. The van der Waals surface area contributed by atoms with Crippen LogP contribution < -0.4 is 0 Å². The summed E-state index contributed by atoms with van der Waals surface area (Å²) in [5.74, 6) is -3.13. The van der Waals surface area contributed by atoms with Gasteiger partial charge in [-0.05, 0) is 18.1 Å². The highest BCUT2D eigenvalue weighted by molar-refractivity contribution is 5.20. The summed E-state index contributed by atoms with van der Waals surface area (Å²) in [4.78, 5) is 0. The van der Waals surface area contributed by atoms with Crippen molar-refractivity contribution in [2.45, 2.75) is 33.0 Å². The first-order valence-electron chi connectivity index (χ1n) is 6.94. The van der Waals surface area contributed by atoms with Crippen LogP contribution in [0.4, 0.5) is 13.2 Å². The lowest BCUT2D eigenvalue weighted by Crippen LogP contribution is -2.32. The van der Waals surface area contributed by atoms with Crippen LogP contribution in [0, 0.1) is 29.3 Å². The van der Waals surface area contributed by atoms with Gasteiger partial charge in [0.05, 0.1) is 13.2 Å². The molecule has 0 aromatic heterocycles. The van der Waals surface area contributed by atoms with Gasteiger partial charge >= 0.3 is 0 Å². The van der Waals surface area contributed by atoms with Crippen molar-refractivity contribution >= 4 is 0 Å². The molecule has 0 unspecified atom stereocenters. The second-order valence-corrected chi connectivity index (χ2v) is 5.13. The monoisotopic (exact) mass is 288 g/mol. The molecule has 1 saturated heterocycles. The van der Waals surface area contributed by atoms with Crippen LogP contribution in [-0.2, 0) is 9.47 Å². The maximum Gasteiger partial charge on any atom is 0.194 e. The summed E-state index contributed by atoms with van der Waals surface area (Å²) in [7, 11) is 0. The van der Waals surface area contributed by atoms with Gasteiger partial charge in [0.15, 0.2) is 23.7 Å². The molecule has 2 nitrogen and oxygen atoms in total. The molecule has 0 spiro atoms. The van der Waals surface area contributed by atoms with Crippen LogP contribution >= 0.6 is 0 Å². The first kappa shape index (κ1) is 15.3. The molecule has 1 aliphatic rings. The smallest absolute Gasteiger partial charge is 0.194 e. The molecule has 0 saturated carbocycles. The zero-order valence-corrected chi connectivity index (χ0v) is 11.7. The van der Waals surface area contributed by atoms with Crippen molar-refractivity contribution in [3.63, 3.8) is 0 Å². The Labute approximate surface area is 116 Å². The summed E-state index contributed by atoms with van der Waals surface area (Å²) in [5.41, 5.74) is 0.171. The summed E-state index contributed by atoms with van der Waals surface area (Å²) in [5, 5.41) is 0. The van der Waals surface area contributed by atoms with E-state index in [0.717, 1.165) is 25.0 Å². The van der Waals surface area contributed by atoms with E-state index in [1.165, 1.54) is 0 Å². The molecule has 20 heavy (non-hydrogen) atoms. The lowest BCUT2D eigenvalue weighted by atomic mass is 9.88. The highest BCUT2D eigenvalue weighted by Gasteiger charge is 2.29. The van der Waals surface area contributed by atoms with Crippen LogP contribution in [0.25, 0.3) is 0 Å². The fourth-order valence-corrected chi connectivity index (χ4v) is 2.65. The molecule has 0 N–H and O–H groups in total. The minimum absolute atomic E-state index is 0.171. The number of rotatable bonds is 4. The van der Waals surface area contributed by atoms with E-state index in [1.54, 1.807) is 0 Å². The number of ether oxygens (including phenoxy) is 2. The van der Waals surface area contributed by atoms with Crippen LogP contribution in [0.5, 0.6) is 0 Å². The molecular formula is C15H19F3O2. The van der Waals surface area contributed by atoms with E-state index in [4.69, 9.17) is 9.47 Å². The highest BCUT2D eigenvalue weighted by Crippen LogP contribution is 2.31. The standard InChI is InChI=1S/C15H19F3O2/c1-3-9(4-2)11-7-19-15(20-8-11)10-5-12(16)14(18)13(17)6-10/h5-6,9,11,15H,3-4,7-8H2,1-2H3. The third kappa shape index (κ3) is 3.15. The molecule has 5 heteroatoms. The fourth-order valence-electron chi connectivity index (χ4n) is 2.65. The second kappa shape index (κ2) is 6.59. The van der Waals surface area contributed by atoms with E-state index in [-0.39, 0.29) is 11.5 Å². The molecule has 1 aromatic rings. The minimum atomic E-state index is -1.47. The molecule has 0 amide bonds. The van der Waals surface area contributed by atoms with Crippen LogP contribution in [0.15, 0.2) is 12.1 Å². The second-order valence-electron chi connectivity index (χ2n) is 5.13. The molecule has 0 atom stereocenters. The summed E-state index contributed by atoms with van der Waals surface area (Å²) < 4.78 is 50.3. The molecule has 0 bridgehead atoms. The zero-order valence-electron chi connectivity index (χ0n) is 11.7. The zero-order chi connectivity index (χ0) is 14.7. The number of hydrogen-bond acceptors (Lipinski definition) is 2. The lowest BCUT2D eigenvalue weighted by molar-refractivity contribution is -0.213. The Kier molecular flexibility index (Phi) is 5.05. The van der Waals surface area contributed by atoms with Gasteiger partial charge in [-0.2, -0.15) is 0 Å². The highest BCUT2D eigenvalue weighted by atomic mass is 19.2. The Morgan fingerprint density at radius 3 is 2.00 bits per heavy atom. The van der Waals surface area contributed by atoms with Crippen molar-refractivity contribution in [3.8, 4) is 0 Å². The Hall–Kier alpha value is -1.07. The summed E-state index contributed by atoms with van der Waals surface area (Å²) >= 11 is 0. The molecule has 1 fully saturated rings. The van der Waals surface area contributed by atoms with Gasteiger partial charge in [0, 0.05) is 11.5 Å². The quantitative estimate of drug-likeness (QED) is 0.773. The van der Waals surface area contributed by atoms with Crippen LogP contribution in [0.3, 0.4) is 0 Å². The van der Waals surface area contributed by atoms with Crippen LogP contribution in [0.1, 0.15) is 38.5 Å². The average molecular weight is 288 g/mol. The van der Waals surface area contributed by atoms with Crippen LogP contribution in [-0.4, -0.2) is 13.2 Å². The maximum absolute atomic E-state index is 13.2. The third-order valence-corrected chi connectivity index (χ3v) is 3.92. The Morgan fingerprint density at radius 2 is 1.55 bits per heavy atom. The third-order valence-electron chi connectivity index (χ3n) is 3.92. The largest absolute Gasteiger partial charge is 0.348 e. The SMILES string of the molecule is CCC(CC)C1COC(c2cc(F)c(F)c(F)c2)OC1. The lowest BCUT2D eigenvalue weighted by Gasteiger charge is -2.33. The summed E-state index contributed by atoms with van der Waals surface area (Å²) in [6, 6.07) is 1.83. The number of halogens is 3.